The maximum absolute atomic E-state index is 12.7. The molecule has 28 heavy (non-hydrogen) atoms. The van der Waals surface area contributed by atoms with E-state index in [2.05, 4.69) is 4.98 Å². The van der Waals surface area contributed by atoms with E-state index in [-0.39, 0.29) is 12.4 Å². The summed E-state index contributed by atoms with van der Waals surface area (Å²) in [4.78, 5) is 29.8. The van der Waals surface area contributed by atoms with Crippen LogP contribution in [0.4, 0.5) is 5.69 Å². The smallest absolute Gasteiger partial charge is 0.350 e. The number of ketones is 1. The number of esters is 1. The average molecular weight is 390 g/mol. The van der Waals surface area contributed by atoms with Gasteiger partial charge < -0.3 is 10.5 Å². The molecular weight excluding hydrogens is 372 g/mol. The highest BCUT2D eigenvalue weighted by Crippen LogP contribution is 2.34. The van der Waals surface area contributed by atoms with E-state index in [1.165, 1.54) is 18.3 Å². The van der Waals surface area contributed by atoms with E-state index >= 15 is 0 Å². The van der Waals surface area contributed by atoms with Gasteiger partial charge in [-0.2, -0.15) is 0 Å². The van der Waals surface area contributed by atoms with Gasteiger partial charge in [-0.25, -0.2) is 9.78 Å². The van der Waals surface area contributed by atoms with Crippen LogP contribution < -0.4 is 5.73 Å². The molecule has 0 amide bonds. The molecule has 4 aromatic rings. The monoisotopic (exact) mass is 390 g/mol. The highest BCUT2D eigenvalue weighted by atomic mass is 32.1. The fraction of sp³-hybridized carbons (Fsp3) is 0.136. The van der Waals surface area contributed by atoms with Crippen molar-refractivity contribution in [1.82, 2.24) is 4.98 Å². The zero-order chi connectivity index (χ0) is 19.8. The van der Waals surface area contributed by atoms with Crippen molar-refractivity contribution in [2.75, 3.05) is 5.73 Å². The van der Waals surface area contributed by atoms with Gasteiger partial charge >= 0.3 is 5.97 Å². The fourth-order valence-electron chi connectivity index (χ4n) is 3.26. The van der Waals surface area contributed by atoms with Crippen LogP contribution >= 0.6 is 11.3 Å². The van der Waals surface area contributed by atoms with Gasteiger partial charge in [0.15, 0.2) is 5.78 Å². The van der Waals surface area contributed by atoms with Crippen LogP contribution in [0, 0.1) is 6.92 Å². The average Bonchev–Trinajstić information content (AvgIpc) is 3.00. The van der Waals surface area contributed by atoms with Gasteiger partial charge in [0.25, 0.3) is 0 Å². The van der Waals surface area contributed by atoms with E-state index in [1.54, 1.807) is 13.0 Å². The number of aryl methyl sites for hydroxylation is 1. The molecule has 0 aliphatic carbocycles. The predicted octanol–water partition coefficient (Wildman–Crippen LogP) is 4.90. The van der Waals surface area contributed by atoms with Crippen molar-refractivity contribution in [3.05, 3.63) is 70.2 Å². The van der Waals surface area contributed by atoms with Gasteiger partial charge in [-0.15, -0.1) is 11.3 Å². The van der Waals surface area contributed by atoms with E-state index in [4.69, 9.17) is 10.5 Å². The van der Waals surface area contributed by atoms with Gasteiger partial charge in [-0.05, 0) is 36.2 Å². The summed E-state index contributed by atoms with van der Waals surface area (Å²) in [6.45, 7) is 3.40. The Morgan fingerprint density at radius 1 is 1.11 bits per heavy atom. The maximum atomic E-state index is 12.7. The number of fused-ring (bicyclic) bond motifs is 2. The second kappa shape index (κ2) is 7.05. The Morgan fingerprint density at radius 3 is 2.64 bits per heavy atom. The van der Waals surface area contributed by atoms with Crippen LogP contribution in [-0.4, -0.2) is 16.7 Å². The van der Waals surface area contributed by atoms with E-state index in [1.807, 2.05) is 42.5 Å². The molecule has 6 heteroatoms. The minimum atomic E-state index is -0.490. The van der Waals surface area contributed by atoms with E-state index in [0.717, 1.165) is 16.3 Å². The number of ether oxygens (including phenoxy) is 1. The molecule has 5 nitrogen and oxygen atoms in total. The lowest BCUT2D eigenvalue weighted by atomic mass is 10.1. The summed E-state index contributed by atoms with van der Waals surface area (Å²) >= 11 is 1.18. The van der Waals surface area contributed by atoms with Crippen LogP contribution in [0.2, 0.25) is 0 Å². The number of nitrogens with zero attached hydrogens (tertiary/aromatic N) is 1. The molecule has 0 atom stereocenters. The second-order valence-corrected chi connectivity index (χ2v) is 7.59. The molecule has 0 spiro atoms. The van der Waals surface area contributed by atoms with Crippen LogP contribution in [-0.2, 0) is 11.3 Å². The molecule has 0 aliphatic heterocycles. The van der Waals surface area contributed by atoms with Crippen molar-refractivity contribution < 1.29 is 14.3 Å². The predicted molar refractivity (Wildman–Crippen MR) is 112 cm³/mol. The third-order valence-corrected chi connectivity index (χ3v) is 5.81. The molecule has 0 fully saturated rings. The number of rotatable bonds is 4. The number of nitrogens with two attached hydrogens (primary N) is 1. The molecule has 0 unspecified atom stereocenters. The SMILES string of the molecule is CC(=O)c1cc2c(N)c(C(=O)OCc3cccc4ccccc34)sc2nc1C. The summed E-state index contributed by atoms with van der Waals surface area (Å²) in [5, 5.41) is 2.75. The molecule has 2 aromatic heterocycles. The molecule has 2 heterocycles. The van der Waals surface area contributed by atoms with Gasteiger partial charge in [0, 0.05) is 16.6 Å². The number of hydrogen-bond acceptors (Lipinski definition) is 6. The zero-order valence-electron chi connectivity index (χ0n) is 15.5. The molecule has 0 bridgehead atoms. The topological polar surface area (TPSA) is 82.3 Å². The molecule has 2 aromatic carbocycles. The first kappa shape index (κ1) is 18.1. The summed E-state index contributed by atoms with van der Waals surface area (Å²) in [5.74, 6) is -0.576. The molecule has 0 radical (unpaired) electrons. The summed E-state index contributed by atoms with van der Waals surface area (Å²) in [6.07, 6.45) is 0. The van der Waals surface area contributed by atoms with Crippen LogP contribution in [0.25, 0.3) is 21.0 Å². The number of nitrogen functional groups attached to an aromatic ring is 1. The first-order chi connectivity index (χ1) is 13.5. The lowest BCUT2D eigenvalue weighted by Gasteiger charge is -2.07. The van der Waals surface area contributed by atoms with E-state index in [0.29, 0.717) is 32.0 Å². The third kappa shape index (κ3) is 3.12. The van der Waals surface area contributed by atoms with Crippen molar-refractivity contribution in [2.45, 2.75) is 20.5 Å². The van der Waals surface area contributed by atoms with Gasteiger partial charge in [0.2, 0.25) is 0 Å². The van der Waals surface area contributed by atoms with Crippen LogP contribution in [0.5, 0.6) is 0 Å². The highest BCUT2D eigenvalue weighted by Gasteiger charge is 2.21. The molecule has 2 N–H and O–H groups in total. The third-order valence-electron chi connectivity index (χ3n) is 4.72. The minimum Gasteiger partial charge on any atom is -0.457 e. The molecule has 140 valence electrons. The van der Waals surface area contributed by atoms with Crippen LogP contribution in [0.1, 0.15) is 38.2 Å². The maximum Gasteiger partial charge on any atom is 0.350 e. The number of aromatic nitrogens is 1. The summed E-state index contributed by atoms with van der Waals surface area (Å²) in [7, 11) is 0. The molecular formula is C22H18N2O3S. The number of hydrogen-bond donors (Lipinski definition) is 1. The van der Waals surface area contributed by atoms with Gasteiger partial charge in [-0.3, -0.25) is 4.79 Å². The normalized spacial score (nSPS) is 11.1. The summed E-state index contributed by atoms with van der Waals surface area (Å²) < 4.78 is 5.54. The Balaban J connectivity index is 1.64. The molecule has 0 saturated heterocycles. The minimum absolute atomic E-state index is 0.0856. The number of anilines is 1. The fourth-order valence-corrected chi connectivity index (χ4v) is 4.28. The standard InChI is InChI=1S/C22H18N2O3S/c1-12-17(13(2)25)10-18-19(23)20(28-21(18)24-12)22(26)27-11-15-8-5-7-14-6-3-4-9-16(14)15/h3-10H,11,23H2,1-2H3. The largest absolute Gasteiger partial charge is 0.457 e. The number of Topliss-reactive ketones (excluding diaryl/α,β-unsaturated/α-hetero) is 1. The second-order valence-electron chi connectivity index (χ2n) is 6.59. The van der Waals surface area contributed by atoms with E-state index < -0.39 is 5.97 Å². The highest BCUT2D eigenvalue weighted by molar-refractivity contribution is 7.21. The Kier molecular flexibility index (Phi) is 4.57. The van der Waals surface area contributed by atoms with Crippen LogP contribution in [0.3, 0.4) is 0 Å². The van der Waals surface area contributed by atoms with Crippen molar-refractivity contribution in [1.29, 1.82) is 0 Å². The zero-order valence-corrected chi connectivity index (χ0v) is 16.3. The Labute approximate surface area is 165 Å². The quantitative estimate of drug-likeness (QED) is 0.396. The number of carbonyl (C=O) groups excluding carboxylic acids is 2. The first-order valence-electron chi connectivity index (χ1n) is 8.80. The number of carbonyl (C=O) groups is 2. The Morgan fingerprint density at radius 2 is 1.86 bits per heavy atom. The molecule has 0 saturated carbocycles. The van der Waals surface area contributed by atoms with Gasteiger partial charge in [-0.1, -0.05) is 42.5 Å². The summed E-state index contributed by atoms with van der Waals surface area (Å²) in [5.41, 5.74) is 8.54. The van der Waals surface area contributed by atoms with Gasteiger partial charge in [0.1, 0.15) is 16.3 Å². The van der Waals surface area contributed by atoms with Crippen LogP contribution in [0.15, 0.2) is 48.5 Å². The first-order valence-corrected chi connectivity index (χ1v) is 9.61. The van der Waals surface area contributed by atoms with Crippen molar-refractivity contribution in [2.24, 2.45) is 0 Å². The summed E-state index contributed by atoms with van der Waals surface area (Å²) in [6, 6.07) is 15.5. The Bertz CT molecular complexity index is 1240. The number of pyridine rings is 1. The van der Waals surface area contributed by atoms with Crippen molar-refractivity contribution >= 4 is 49.8 Å². The Hall–Kier alpha value is -3.25. The number of benzene rings is 2. The lowest BCUT2D eigenvalue weighted by molar-refractivity contribution is 0.0481. The van der Waals surface area contributed by atoms with E-state index in [9.17, 15) is 9.59 Å². The lowest BCUT2D eigenvalue weighted by Crippen LogP contribution is -2.06. The molecule has 0 aliphatic rings. The van der Waals surface area contributed by atoms with Crippen molar-refractivity contribution in [3.63, 3.8) is 0 Å². The number of thiophene rings is 1. The molecule has 4 rings (SSSR count). The van der Waals surface area contributed by atoms with Gasteiger partial charge in [0.05, 0.1) is 5.69 Å². The van der Waals surface area contributed by atoms with Crippen molar-refractivity contribution in [3.8, 4) is 0 Å².